The van der Waals surface area contributed by atoms with E-state index in [9.17, 15) is 0 Å². The van der Waals surface area contributed by atoms with E-state index in [1.807, 2.05) is 12.3 Å². The second kappa shape index (κ2) is 6.19. The molecule has 0 aromatic carbocycles. The van der Waals surface area contributed by atoms with Gasteiger partial charge in [0.25, 0.3) is 0 Å². The van der Waals surface area contributed by atoms with Crippen LogP contribution in [0.1, 0.15) is 38.7 Å². The molecule has 1 aromatic heterocycles. The van der Waals surface area contributed by atoms with E-state index in [0.717, 1.165) is 13.1 Å². The Morgan fingerprint density at radius 3 is 3.06 bits per heavy atom. The van der Waals surface area contributed by atoms with E-state index in [1.54, 1.807) is 0 Å². The number of nitrogens with zero attached hydrogens (tertiary/aromatic N) is 2. The van der Waals surface area contributed by atoms with Crippen molar-refractivity contribution in [2.24, 2.45) is 0 Å². The Labute approximate surface area is 111 Å². The number of anilines is 1. The molecular formula is C15H25N3. The summed E-state index contributed by atoms with van der Waals surface area (Å²) < 4.78 is 0. The van der Waals surface area contributed by atoms with Crippen LogP contribution in [0.4, 0.5) is 5.82 Å². The zero-order valence-electron chi connectivity index (χ0n) is 11.8. The summed E-state index contributed by atoms with van der Waals surface area (Å²) in [6, 6.07) is 5.28. The largest absolute Gasteiger partial charge is 0.352 e. The summed E-state index contributed by atoms with van der Waals surface area (Å²) in [5.74, 6) is 1.17. The minimum atomic E-state index is 0.525. The van der Waals surface area contributed by atoms with Gasteiger partial charge in [0.05, 0.1) is 0 Å². The van der Waals surface area contributed by atoms with Gasteiger partial charge in [0.15, 0.2) is 0 Å². The van der Waals surface area contributed by atoms with Gasteiger partial charge in [-0.2, -0.15) is 0 Å². The molecule has 0 aliphatic carbocycles. The van der Waals surface area contributed by atoms with E-state index in [1.165, 1.54) is 30.6 Å². The number of nitrogens with one attached hydrogen (secondary N) is 1. The highest BCUT2D eigenvalue weighted by Gasteiger charge is 2.28. The van der Waals surface area contributed by atoms with Crippen LogP contribution in [0.5, 0.6) is 0 Å². The van der Waals surface area contributed by atoms with E-state index < -0.39 is 0 Å². The number of rotatable bonds is 4. The standard InChI is InChI=1S/C15H25N3/c1-4-16-13(3)14-9-5-6-11-18(14)15-12(2)8-7-10-17-15/h7-8,10,13-14,16H,4-6,9,11H2,1-3H3. The summed E-state index contributed by atoms with van der Waals surface area (Å²) in [6.07, 6.45) is 5.80. The minimum Gasteiger partial charge on any atom is -0.352 e. The quantitative estimate of drug-likeness (QED) is 0.886. The third kappa shape index (κ3) is 2.83. The Kier molecular flexibility index (Phi) is 4.59. The number of hydrogen-bond donors (Lipinski definition) is 1. The van der Waals surface area contributed by atoms with Crippen molar-refractivity contribution in [3.8, 4) is 0 Å². The van der Waals surface area contributed by atoms with Crippen LogP contribution in [0.15, 0.2) is 18.3 Å². The lowest BCUT2D eigenvalue weighted by molar-refractivity contribution is 0.370. The van der Waals surface area contributed by atoms with E-state index in [0.29, 0.717) is 12.1 Å². The fourth-order valence-electron chi connectivity index (χ4n) is 2.98. The first-order valence-electron chi connectivity index (χ1n) is 7.15. The number of pyridine rings is 1. The predicted octanol–water partition coefficient (Wildman–Crippen LogP) is 2.75. The van der Waals surface area contributed by atoms with Gasteiger partial charge in [-0.1, -0.05) is 13.0 Å². The third-order valence-electron chi connectivity index (χ3n) is 3.91. The normalized spacial score (nSPS) is 21.9. The van der Waals surface area contributed by atoms with Crippen molar-refractivity contribution in [2.45, 2.75) is 52.1 Å². The molecule has 2 unspecified atom stereocenters. The molecule has 1 saturated heterocycles. The van der Waals surface area contributed by atoms with Crippen molar-refractivity contribution in [1.82, 2.24) is 10.3 Å². The number of likely N-dealkylation sites (N-methyl/N-ethyl adjacent to an activating group) is 1. The second-order valence-corrected chi connectivity index (χ2v) is 5.25. The zero-order valence-corrected chi connectivity index (χ0v) is 11.8. The topological polar surface area (TPSA) is 28.2 Å². The molecule has 1 aliphatic rings. The number of aromatic nitrogens is 1. The molecule has 1 aromatic rings. The molecule has 3 heteroatoms. The van der Waals surface area contributed by atoms with Gasteiger partial charge in [-0.3, -0.25) is 0 Å². The van der Waals surface area contributed by atoms with Gasteiger partial charge in [-0.05, 0) is 51.3 Å². The molecular weight excluding hydrogens is 222 g/mol. The van der Waals surface area contributed by atoms with Gasteiger partial charge in [-0.25, -0.2) is 4.98 Å². The van der Waals surface area contributed by atoms with Crippen LogP contribution in [-0.4, -0.2) is 30.2 Å². The smallest absolute Gasteiger partial charge is 0.131 e. The lowest BCUT2D eigenvalue weighted by Crippen LogP contribution is -2.51. The average Bonchev–Trinajstić information content (AvgIpc) is 2.40. The van der Waals surface area contributed by atoms with Crippen LogP contribution in [0.2, 0.25) is 0 Å². The summed E-state index contributed by atoms with van der Waals surface area (Å²) in [6.45, 7) is 8.80. The predicted molar refractivity (Wildman–Crippen MR) is 77.1 cm³/mol. The highest BCUT2D eigenvalue weighted by Crippen LogP contribution is 2.27. The Morgan fingerprint density at radius 2 is 2.33 bits per heavy atom. The SMILES string of the molecule is CCNC(C)C1CCCCN1c1ncccc1C. The maximum atomic E-state index is 4.59. The lowest BCUT2D eigenvalue weighted by atomic mass is 9.96. The highest BCUT2D eigenvalue weighted by molar-refractivity contribution is 5.47. The van der Waals surface area contributed by atoms with Crippen LogP contribution >= 0.6 is 0 Å². The summed E-state index contributed by atoms with van der Waals surface area (Å²) in [7, 11) is 0. The van der Waals surface area contributed by atoms with Gasteiger partial charge < -0.3 is 10.2 Å². The van der Waals surface area contributed by atoms with Crippen molar-refractivity contribution >= 4 is 5.82 Å². The maximum Gasteiger partial charge on any atom is 0.131 e. The molecule has 0 radical (unpaired) electrons. The lowest BCUT2D eigenvalue weighted by Gasteiger charge is -2.41. The summed E-state index contributed by atoms with van der Waals surface area (Å²) in [5, 5.41) is 3.56. The van der Waals surface area contributed by atoms with Crippen molar-refractivity contribution in [2.75, 3.05) is 18.0 Å². The van der Waals surface area contributed by atoms with Gasteiger partial charge in [0.1, 0.15) is 5.82 Å². The van der Waals surface area contributed by atoms with Crippen molar-refractivity contribution in [3.05, 3.63) is 23.9 Å². The van der Waals surface area contributed by atoms with Crippen molar-refractivity contribution < 1.29 is 0 Å². The van der Waals surface area contributed by atoms with E-state index >= 15 is 0 Å². The molecule has 3 nitrogen and oxygen atoms in total. The van der Waals surface area contributed by atoms with Gasteiger partial charge in [-0.15, -0.1) is 0 Å². The van der Waals surface area contributed by atoms with Crippen LogP contribution < -0.4 is 10.2 Å². The highest BCUT2D eigenvalue weighted by atomic mass is 15.2. The molecule has 1 fully saturated rings. The van der Waals surface area contributed by atoms with Crippen LogP contribution in [-0.2, 0) is 0 Å². The first-order valence-corrected chi connectivity index (χ1v) is 7.15. The zero-order chi connectivity index (χ0) is 13.0. The maximum absolute atomic E-state index is 4.59. The molecule has 100 valence electrons. The number of piperidine rings is 1. The van der Waals surface area contributed by atoms with Crippen LogP contribution in [0, 0.1) is 6.92 Å². The Morgan fingerprint density at radius 1 is 1.50 bits per heavy atom. The minimum absolute atomic E-state index is 0.525. The summed E-state index contributed by atoms with van der Waals surface area (Å²) in [5.41, 5.74) is 1.29. The Hall–Kier alpha value is -1.09. The molecule has 18 heavy (non-hydrogen) atoms. The van der Waals surface area contributed by atoms with Crippen molar-refractivity contribution in [3.63, 3.8) is 0 Å². The monoisotopic (exact) mass is 247 g/mol. The van der Waals surface area contributed by atoms with E-state index in [-0.39, 0.29) is 0 Å². The number of hydrogen-bond acceptors (Lipinski definition) is 3. The second-order valence-electron chi connectivity index (χ2n) is 5.25. The molecule has 0 spiro atoms. The van der Waals surface area contributed by atoms with E-state index in [4.69, 9.17) is 0 Å². The van der Waals surface area contributed by atoms with E-state index in [2.05, 4.69) is 42.0 Å². The first-order chi connectivity index (χ1) is 8.74. The fourth-order valence-corrected chi connectivity index (χ4v) is 2.98. The van der Waals surface area contributed by atoms with Crippen LogP contribution in [0.25, 0.3) is 0 Å². The first kappa shape index (κ1) is 13.3. The molecule has 0 amide bonds. The number of aryl methyl sites for hydroxylation is 1. The Bertz CT molecular complexity index is 378. The molecule has 0 saturated carbocycles. The van der Waals surface area contributed by atoms with Crippen LogP contribution in [0.3, 0.4) is 0 Å². The van der Waals surface area contributed by atoms with Crippen molar-refractivity contribution in [1.29, 1.82) is 0 Å². The molecule has 2 atom stereocenters. The average molecular weight is 247 g/mol. The van der Waals surface area contributed by atoms with Gasteiger partial charge in [0.2, 0.25) is 0 Å². The third-order valence-corrected chi connectivity index (χ3v) is 3.91. The summed E-state index contributed by atoms with van der Waals surface area (Å²) >= 11 is 0. The molecule has 1 N–H and O–H groups in total. The van der Waals surface area contributed by atoms with Gasteiger partial charge >= 0.3 is 0 Å². The summed E-state index contributed by atoms with van der Waals surface area (Å²) in [4.78, 5) is 7.10. The molecule has 2 heterocycles. The fraction of sp³-hybridized carbons (Fsp3) is 0.667. The molecule has 1 aliphatic heterocycles. The van der Waals surface area contributed by atoms with Gasteiger partial charge in [0, 0.05) is 24.8 Å². The molecule has 2 rings (SSSR count). The molecule has 0 bridgehead atoms. The Balaban J connectivity index is 2.20.